The average molecular weight is 425 g/mol. The van der Waals surface area contributed by atoms with Gasteiger partial charge in [0.25, 0.3) is 0 Å². The topological polar surface area (TPSA) is 40.5 Å². The molecule has 2 N–H and O–H groups in total. The molecule has 0 spiro atoms. The third kappa shape index (κ3) is 3.35. The lowest BCUT2D eigenvalue weighted by Gasteiger charge is -2.52. The van der Waals surface area contributed by atoms with E-state index in [4.69, 9.17) is 0 Å². The van der Waals surface area contributed by atoms with Gasteiger partial charge in [0.2, 0.25) is 0 Å². The van der Waals surface area contributed by atoms with Gasteiger partial charge in [0.05, 0.1) is 0 Å². The number of rotatable bonds is 4. The summed E-state index contributed by atoms with van der Waals surface area (Å²) in [7, 11) is -1.58. The monoisotopic (exact) mass is 424 g/mol. The summed E-state index contributed by atoms with van der Waals surface area (Å²) in [5, 5.41) is 21.8. The Kier molecular flexibility index (Phi) is 5.88. The number of phenolic OH excluding ortho intramolecular Hbond substituents is 1. The largest absolute Gasteiger partial charge is 0.508 e. The van der Waals surface area contributed by atoms with Gasteiger partial charge in [-0.05, 0) is 97.7 Å². The molecule has 0 unspecified atom stereocenters. The number of benzene rings is 1. The first kappa shape index (κ1) is 22.0. The fourth-order valence-corrected chi connectivity index (χ4v) is 10.5. The van der Waals surface area contributed by atoms with Crippen molar-refractivity contribution in [2.75, 3.05) is 0 Å². The van der Waals surface area contributed by atoms with Crippen LogP contribution in [0.25, 0.3) is 0 Å². The number of phenols is 1. The van der Waals surface area contributed by atoms with Crippen LogP contribution in [0.15, 0.2) is 18.2 Å². The van der Waals surface area contributed by atoms with E-state index in [1.54, 1.807) is 0 Å². The summed E-state index contributed by atoms with van der Waals surface area (Å²) in [4.78, 5) is 0. The molecule has 3 heteroatoms. The van der Waals surface area contributed by atoms with Gasteiger partial charge in [-0.3, -0.25) is 0 Å². The summed E-state index contributed by atoms with van der Waals surface area (Å²) in [6, 6.07) is 9.67. The zero-order chi connectivity index (χ0) is 21.6. The number of hydrogen-bond donors (Lipinski definition) is 2. The smallest absolute Gasteiger partial charge is 0.138 e. The Bertz CT molecular complexity index is 848. The van der Waals surface area contributed by atoms with Crippen molar-refractivity contribution in [2.24, 2.45) is 17.3 Å². The van der Waals surface area contributed by atoms with E-state index in [9.17, 15) is 10.2 Å². The van der Waals surface area contributed by atoms with Crippen molar-refractivity contribution >= 4 is 8.07 Å². The highest BCUT2D eigenvalue weighted by Crippen LogP contribution is 2.64. The molecule has 2 fully saturated rings. The van der Waals surface area contributed by atoms with Crippen molar-refractivity contribution in [3.05, 3.63) is 29.3 Å². The van der Waals surface area contributed by atoms with Gasteiger partial charge in [-0.1, -0.05) is 46.1 Å². The molecule has 164 valence electrons. The van der Waals surface area contributed by atoms with Crippen LogP contribution in [0.5, 0.6) is 5.75 Å². The lowest BCUT2D eigenvalue weighted by molar-refractivity contribution is -0.0647. The normalized spacial score (nSPS) is 35.0. The Balaban J connectivity index is 1.63. The van der Waals surface area contributed by atoms with Crippen LogP contribution in [0, 0.1) is 28.7 Å². The first-order chi connectivity index (χ1) is 14.3. The van der Waals surface area contributed by atoms with E-state index in [0.29, 0.717) is 23.5 Å². The number of fused-ring (bicyclic) bond motifs is 5. The second kappa shape index (κ2) is 8.03. The van der Waals surface area contributed by atoms with Crippen molar-refractivity contribution in [1.29, 1.82) is 0 Å². The highest BCUT2D eigenvalue weighted by molar-refractivity contribution is 6.87. The van der Waals surface area contributed by atoms with Crippen molar-refractivity contribution in [2.45, 2.75) is 102 Å². The maximum atomic E-state index is 11.9. The van der Waals surface area contributed by atoms with Crippen molar-refractivity contribution in [3.8, 4) is 17.2 Å². The molecule has 30 heavy (non-hydrogen) atoms. The summed E-state index contributed by atoms with van der Waals surface area (Å²) < 4.78 is 0. The molecule has 2 saturated carbocycles. The van der Waals surface area contributed by atoms with E-state index in [2.05, 4.69) is 45.2 Å². The SMILES string of the molecule is CCC[Si](C#C[C@]1(O)CC[C@H]2[C@@H]3CCc4cc(O)ccc4[C@H]3CC[C@@]21C)(CC)CC. The fraction of sp³-hybridized carbons (Fsp3) is 0.704. The highest BCUT2D eigenvalue weighted by atomic mass is 28.3. The van der Waals surface area contributed by atoms with Crippen LogP contribution in [0.2, 0.25) is 18.1 Å². The minimum atomic E-state index is -1.58. The first-order valence-electron chi connectivity index (χ1n) is 12.4. The van der Waals surface area contributed by atoms with E-state index in [0.717, 1.165) is 32.1 Å². The molecule has 0 bridgehead atoms. The molecular weight excluding hydrogens is 384 g/mol. The number of hydrogen-bond acceptors (Lipinski definition) is 2. The van der Waals surface area contributed by atoms with Crippen molar-refractivity contribution in [1.82, 2.24) is 0 Å². The van der Waals surface area contributed by atoms with Gasteiger partial charge in [-0.15, -0.1) is 5.54 Å². The van der Waals surface area contributed by atoms with Crippen LogP contribution in [-0.4, -0.2) is 23.9 Å². The van der Waals surface area contributed by atoms with Gasteiger partial charge in [0.1, 0.15) is 19.4 Å². The molecule has 1 aromatic rings. The molecular formula is C27H40O2Si. The van der Waals surface area contributed by atoms with Gasteiger partial charge in [-0.25, -0.2) is 0 Å². The molecule has 3 aliphatic rings. The van der Waals surface area contributed by atoms with Crippen LogP contribution in [0.4, 0.5) is 0 Å². The minimum absolute atomic E-state index is 0.0799. The van der Waals surface area contributed by atoms with Gasteiger partial charge in [0, 0.05) is 5.41 Å². The van der Waals surface area contributed by atoms with Crippen LogP contribution in [0.1, 0.15) is 83.3 Å². The Morgan fingerprint density at radius 3 is 2.57 bits per heavy atom. The summed E-state index contributed by atoms with van der Waals surface area (Å²) in [5.74, 6) is 5.76. The summed E-state index contributed by atoms with van der Waals surface area (Å²) in [6.07, 6.45) is 7.60. The Hall–Kier alpha value is -1.24. The van der Waals surface area contributed by atoms with E-state index in [-0.39, 0.29) is 5.41 Å². The average Bonchev–Trinajstić information content (AvgIpc) is 3.02. The van der Waals surface area contributed by atoms with E-state index < -0.39 is 13.7 Å². The number of aliphatic hydroxyl groups is 1. The minimum Gasteiger partial charge on any atom is -0.508 e. The summed E-state index contributed by atoms with van der Waals surface area (Å²) >= 11 is 0. The molecule has 0 saturated heterocycles. The second-order valence-corrected chi connectivity index (χ2v) is 15.4. The fourth-order valence-electron chi connectivity index (χ4n) is 7.35. The third-order valence-corrected chi connectivity index (χ3v) is 14.3. The highest BCUT2D eigenvalue weighted by Gasteiger charge is 2.61. The zero-order valence-electron chi connectivity index (χ0n) is 19.4. The van der Waals surface area contributed by atoms with Crippen LogP contribution in [0.3, 0.4) is 0 Å². The zero-order valence-corrected chi connectivity index (χ0v) is 20.4. The van der Waals surface area contributed by atoms with Gasteiger partial charge < -0.3 is 10.2 Å². The van der Waals surface area contributed by atoms with Gasteiger partial charge in [0.15, 0.2) is 0 Å². The molecule has 0 aliphatic heterocycles. The lowest BCUT2D eigenvalue weighted by Crippen LogP contribution is -2.50. The Morgan fingerprint density at radius 2 is 1.87 bits per heavy atom. The molecule has 1 aromatic carbocycles. The summed E-state index contributed by atoms with van der Waals surface area (Å²) in [5.41, 5.74) is 5.69. The molecule has 2 nitrogen and oxygen atoms in total. The van der Waals surface area contributed by atoms with Crippen LogP contribution < -0.4 is 0 Å². The molecule has 3 aliphatic carbocycles. The molecule has 4 rings (SSSR count). The maximum Gasteiger partial charge on any atom is 0.138 e. The standard InChI is InChI=1S/C27H40O2Si/c1-5-17-30(6-2,7-3)18-16-27(29)15-13-25-24-10-8-20-19-21(28)9-11-22(20)23(24)12-14-26(25,27)4/h9,11,19,23-25,28-29H,5-8,10,12-15,17H2,1-4H3/t23-,24-,25+,26+,27-/m1/s1. The predicted molar refractivity (Wildman–Crippen MR) is 127 cm³/mol. The molecule has 0 amide bonds. The molecule has 0 heterocycles. The van der Waals surface area contributed by atoms with Gasteiger partial charge >= 0.3 is 0 Å². The summed E-state index contributed by atoms with van der Waals surface area (Å²) in [6.45, 7) is 9.25. The Morgan fingerprint density at radius 1 is 1.10 bits per heavy atom. The second-order valence-electron chi connectivity index (χ2n) is 10.6. The number of aryl methyl sites for hydroxylation is 1. The van der Waals surface area contributed by atoms with E-state index in [1.807, 2.05) is 12.1 Å². The van der Waals surface area contributed by atoms with Crippen molar-refractivity contribution < 1.29 is 10.2 Å². The van der Waals surface area contributed by atoms with Crippen LogP contribution in [-0.2, 0) is 6.42 Å². The molecule has 5 atom stereocenters. The Labute approximate surface area is 184 Å². The van der Waals surface area contributed by atoms with E-state index >= 15 is 0 Å². The lowest BCUT2D eigenvalue weighted by atomic mass is 9.53. The van der Waals surface area contributed by atoms with Gasteiger partial charge in [-0.2, -0.15) is 0 Å². The predicted octanol–water partition coefficient (Wildman–Crippen LogP) is 6.42. The third-order valence-electron chi connectivity index (χ3n) is 9.48. The van der Waals surface area contributed by atoms with Crippen molar-refractivity contribution in [3.63, 3.8) is 0 Å². The van der Waals surface area contributed by atoms with E-state index in [1.165, 1.54) is 42.1 Å². The quantitative estimate of drug-likeness (QED) is 0.432. The first-order valence-corrected chi connectivity index (χ1v) is 15.0. The number of aromatic hydroxyl groups is 1. The van der Waals surface area contributed by atoms with Crippen LogP contribution >= 0.6 is 0 Å². The molecule has 0 radical (unpaired) electrons. The maximum absolute atomic E-state index is 11.9. The molecule has 0 aromatic heterocycles.